The first-order valence-corrected chi connectivity index (χ1v) is 12.5. The summed E-state index contributed by atoms with van der Waals surface area (Å²) in [5.74, 6) is -0.344. The standard InChI is InChI=1S/C22H27ClNO3P/c1-15-11-19(23)12-16(2)21(15)24-22(26)17(3)28(4,5)14-20(25)27-13-18-9-7-6-8-10-18/h6-12,17H,13-14H2,1-5H3/p+1. The molecule has 0 aliphatic carbocycles. The second kappa shape index (κ2) is 9.54. The zero-order valence-corrected chi connectivity index (χ0v) is 18.7. The van der Waals surface area contributed by atoms with E-state index in [1.165, 1.54) is 0 Å². The number of aryl methyl sites for hydroxylation is 2. The minimum atomic E-state index is -1.86. The summed E-state index contributed by atoms with van der Waals surface area (Å²) < 4.78 is 5.41. The van der Waals surface area contributed by atoms with E-state index in [-0.39, 0.29) is 30.3 Å². The van der Waals surface area contributed by atoms with Crippen LogP contribution >= 0.6 is 18.9 Å². The summed E-state index contributed by atoms with van der Waals surface area (Å²) in [5.41, 5.74) is 3.30. The minimum Gasteiger partial charge on any atom is -0.458 e. The van der Waals surface area contributed by atoms with Crippen LogP contribution in [0.1, 0.15) is 23.6 Å². The molecular formula is C22H28ClNO3P+. The van der Waals surface area contributed by atoms with Crippen LogP contribution in [0.5, 0.6) is 0 Å². The van der Waals surface area contributed by atoms with Gasteiger partial charge in [0.05, 0.1) is 0 Å². The third-order valence-electron chi connectivity index (χ3n) is 4.95. The summed E-state index contributed by atoms with van der Waals surface area (Å²) in [7, 11) is -1.86. The van der Waals surface area contributed by atoms with Gasteiger partial charge in [0.1, 0.15) is 12.3 Å². The number of nitrogens with one attached hydrogen (secondary N) is 1. The number of carbonyl (C=O) groups excluding carboxylic acids is 2. The first-order chi connectivity index (χ1) is 13.1. The Morgan fingerprint density at radius 3 is 2.25 bits per heavy atom. The lowest BCUT2D eigenvalue weighted by atomic mass is 10.1. The molecule has 2 rings (SSSR count). The van der Waals surface area contributed by atoms with E-state index in [9.17, 15) is 9.59 Å². The Bertz CT molecular complexity index is 829. The number of amides is 1. The summed E-state index contributed by atoms with van der Waals surface area (Å²) >= 11 is 6.07. The van der Waals surface area contributed by atoms with Crippen molar-refractivity contribution in [1.82, 2.24) is 0 Å². The fourth-order valence-corrected chi connectivity index (χ4v) is 4.96. The van der Waals surface area contributed by atoms with Crippen molar-refractivity contribution in [2.45, 2.75) is 33.0 Å². The number of halogens is 1. The Hall–Kier alpha value is -1.90. The first kappa shape index (κ1) is 22.4. The molecule has 0 fully saturated rings. The molecule has 1 atom stereocenters. The lowest BCUT2D eigenvalue weighted by Crippen LogP contribution is -2.30. The van der Waals surface area contributed by atoms with Crippen LogP contribution in [0.25, 0.3) is 0 Å². The van der Waals surface area contributed by atoms with Crippen molar-refractivity contribution in [2.75, 3.05) is 24.8 Å². The highest BCUT2D eigenvalue weighted by atomic mass is 35.5. The molecule has 0 bridgehead atoms. The largest absolute Gasteiger partial charge is 0.458 e. The van der Waals surface area contributed by atoms with Gasteiger partial charge in [-0.15, -0.1) is 0 Å². The summed E-state index contributed by atoms with van der Waals surface area (Å²) in [6.07, 6.45) is 0.271. The van der Waals surface area contributed by atoms with Crippen LogP contribution in [0.2, 0.25) is 5.02 Å². The molecule has 6 heteroatoms. The molecular weight excluding hydrogens is 393 g/mol. The molecule has 150 valence electrons. The molecule has 0 radical (unpaired) electrons. The van der Waals surface area contributed by atoms with Gasteiger partial charge in [-0.2, -0.15) is 0 Å². The van der Waals surface area contributed by atoms with Crippen molar-refractivity contribution in [3.05, 3.63) is 64.2 Å². The molecule has 0 aliphatic heterocycles. The topological polar surface area (TPSA) is 55.4 Å². The van der Waals surface area contributed by atoms with Crippen LogP contribution in [0, 0.1) is 13.8 Å². The van der Waals surface area contributed by atoms with Gasteiger partial charge in [0, 0.05) is 31.3 Å². The number of esters is 1. The molecule has 4 nitrogen and oxygen atoms in total. The maximum atomic E-state index is 12.8. The Kier molecular flexibility index (Phi) is 7.63. The normalized spacial score (nSPS) is 12.4. The maximum absolute atomic E-state index is 12.8. The van der Waals surface area contributed by atoms with E-state index in [4.69, 9.17) is 16.3 Å². The predicted molar refractivity (Wildman–Crippen MR) is 119 cm³/mol. The van der Waals surface area contributed by atoms with E-state index in [2.05, 4.69) is 5.32 Å². The van der Waals surface area contributed by atoms with E-state index in [0.29, 0.717) is 5.02 Å². The third-order valence-corrected chi connectivity index (χ3v) is 8.58. The van der Waals surface area contributed by atoms with Gasteiger partial charge in [-0.05, 0) is 49.6 Å². The van der Waals surface area contributed by atoms with Crippen molar-refractivity contribution >= 4 is 36.4 Å². The minimum absolute atomic E-state index is 0.0808. The van der Waals surface area contributed by atoms with Gasteiger partial charge in [-0.1, -0.05) is 41.9 Å². The van der Waals surface area contributed by atoms with Gasteiger partial charge in [0.25, 0.3) is 5.91 Å². The number of hydrogen-bond acceptors (Lipinski definition) is 3. The Balaban J connectivity index is 1.98. The van der Waals surface area contributed by atoms with E-state index >= 15 is 0 Å². The third kappa shape index (κ3) is 6.05. The average Bonchev–Trinajstić information content (AvgIpc) is 2.62. The summed E-state index contributed by atoms with van der Waals surface area (Å²) in [6.45, 7) is 10.0. The van der Waals surface area contributed by atoms with Crippen LogP contribution in [0.3, 0.4) is 0 Å². The molecule has 1 unspecified atom stereocenters. The monoisotopic (exact) mass is 420 g/mol. The van der Waals surface area contributed by atoms with Crippen molar-refractivity contribution in [2.24, 2.45) is 0 Å². The second-order valence-corrected chi connectivity index (χ2v) is 12.7. The summed E-state index contributed by atoms with van der Waals surface area (Å²) in [6, 6.07) is 13.2. The van der Waals surface area contributed by atoms with Gasteiger partial charge in [-0.25, -0.2) is 4.79 Å². The quantitative estimate of drug-likeness (QED) is 0.488. The highest BCUT2D eigenvalue weighted by Gasteiger charge is 2.41. The second-order valence-electron chi connectivity index (χ2n) is 7.66. The SMILES string of the molecule is Cc1cc(Cl)cc(C)c1NC(=O)C(C)[P+](C)(C)CC(=O)OCc1ccccc1. The lowest BCUT2D eigenvalue weighted by Gasteiger charge is -2.24. The van der Waals surface area contributed by atoms with Gasteiger partial charge >= 0.3 is 5.97 Å². The Labute approximate surface area is 173 Å². The van der Waals surface area contributed by atoms with Gasteiger partial charge in [0.15, 0.2) is 6.16 Å². The molecule has 0 saturated heterocycles. The molecule has 2 aromatic rings. The molecule has 0 aromatic heterocycles. The van der Waals surface area contributed by atoms with Crippen LogP contribution in [-0.2, 0) is 20.9 Å². The Morgan fingerprint density at radius 2 is 1.68 bits per heavy atom. The van der Waals surface area contributed by atoms with E-state index in [0.717, 1.165) is 22.4 Å². The van der Waals surface area contributed by atoms with E-state index < -0.39 is 7.26 Å². The molecule has 0 spiro atoms. The van der Waals surface area contributed by atoms with Crippen molar-refractivity contribution in [3.63, 3.8) is 0 Å². The van der Waals surface area contributed by atoms with Crippen LogP contribution < -0.4 is 5.32 Å². The number of carbonyl (C=O) groups is 2. The number of ether oxygens (including phenoxy) is 1. The number of rotatable bonds is 7. The molecule has 28 heavy (non-hydrogen) atoms. The average molecular weight is 421 g/mol. The predicted octanol–water partition coefficient (Wildman–Crippen LogP) is 5.30. The lowest BCUT2D eigenvalue weighted by molar-refractivity contribution is -0.141. The van der Waals surface area contributed by atoms with Gasteiger partial charge in [-0.3, -0.25) is 4.79 Å². The molecule has 0 saturated carbocycles. The highest BCUT2D eigenvalue weighted by molar-refractivity contribution is 7.76. The first-order valence-electron chi connectivity index (χ1n) is 9.20. The summed E-state index contributed by atoms with van der Waals surface area (Å²) in [4.78, 5) is 25.2. The number of benzene rings is 2. The summed E-state index contributed by atoms with van der Waals surface area (Å²) in [5, 5.41) is 3.67. The Morgan fingerprint density at radius 1 is 1.11 bits per heavy atom. The fraction of sp³-hybridized carbons (Fsp3) is 0.364. The molecule has 1 N–H and O–H groups in total. The molecule has 0 heterocycles. The fourth-order valence-electron chi connectivity index (χ4n) is 2.91. The van der Waals surface area contributed by atoms with Crippen LogP contribution in [0.15, 0.2) is 42.5 Å². The van der Waals surface area contributed by atoms with E-state index in [1.54, 1.807) is 0 Å². The molecule has 0 aliphatic rings. The van der Waals surface area contributed by atoms with Crippen molar-refractivity contribution in [3.8, 4) is 0 Å². The highest BCUT2D eigenvalue weighted by Crippen LogP contribution is 2.56. The zero-order chi connectivity index (χ0) is 20.9. The molecule has 1 amide bonds. The zero-order valence-electron chi connectivity index (χ0n) is 17.1. The molecule has 2 aromatic carbocycles. The van der Waals surface area contributed by atoms with Crippen molar-refractivity contribution in [1.29, 1.82) is 0 Å². The van der Waals surface area contributed by atoms with Crippen LogP contribution in [0.4, 0.5) is 5.69 Å². The van der Waals surface area contributed by atoms with Gasteiger partial charge in [0.2, 0.25) is 0 Å². The maximum Gasteiger partial charge on any atom is 0.344 e. The number of anilines is 1. The van der Waals surface area contributed by atoms with Gasteiger partial charge < -0.3 is 10.1 Å². The van der Waals surface area contributed by atoms with Crippen molar-refractivity contribution < 1.29 is 14.3 Å². The van der Waals surface area contributed by atoms with Crippen LogP contribution in [-0.4, -0.2) is 37.0 Å². The van der Waals surface area contributed by atoms with E-state index in [1.807, 2.05) is 76.6 Å². The smallest absolute Gasteiger partial charge is 0.344 e. The number of hydrogen-bond donors (Lipinski definition) is 1.